The lowest BCUT2D eigenvalue weighted by atomic mass is 9.81. The number of alkyl halides is 5. The molecule has 3 aliphatic carbocycles. The number of aromatic nitrogens is 1. The Bertz CT molecular complexity index is 1450. The summed E-state index contributed by atoms with van der Waals surface area (Å²) in [6.45, 7) is 4.71. The maximum atomic E-state index is 14.3. The fourth-order valence-corrected chi connectivity index (χ4v) is 7.75. The molecule has 7 nitrogen and oxygen atoms in total. The Kier molecular flexibility index (Phi) is 11.9. The van der Waals surface area contributed by atoms with Crippen molar-refractivity contribution in [2.45, 2.75) is 122 Å². The Morgan fingerprint density at radius 3 is 2.35 bits per heavy atom. The van der Waals surface area contributed by atoms with E-state index >= 15 is 0 Å². The molecule has 1 amide bonds. The zero-order valence-electron chi connectivity index (χ0n) is 28.5. The first-order valence-corrected chi connectivity index (χ1v) is 17.6. The third-order valence-corrected chi connectivity index (χ3v) is 10.3. The second kappa shape index (κ2) is 15.7. The summed E-state index contributed by atoms with van der Waals surface area (Å²) in [6, 6.07) is 4.94. The number of hydrogen-bond donors (Lipinski definition) is 0. The third-order valence-electron chi connectivity index (χ3n) is 10.3. The molecular weight excluding hydrogens is 647 g/mol. The van der Waals surface area contributed by atoms with Gasteiger partial charge >= 0.3 is 12.1 Å². The molecule has 12 heteroatoms. The van der Waals surface area contributed by atoms with Crippen molar-refractivity contribution in [2.24, 2.45) is 17.8 Å². The average molecular weight is 695 g/mol. The number of carbonyl (C=O) groups is 2. The average Bonchev–Trinajstić information content (AvgIpc) is 3.06. The van der Waals surface area contributed by atoms with Crippen LogP contribution in [0.1, 0.15) is 112 Å². The van der Waals surface area contributed by atoms with E-state index in [2.05, 4.69) is 11.9 Å². The highest BCUT2D eigenvalue weighted by Crippen LogP contribution is 2.42. The fourth-order valence-electron chi connectivity index (χ4n) is 7.75. The summed E-state index contributed by atoms with van der Waals surface area (Å²) >= 11 is 0. The van der Waals surface area contributed by atoms with Crippen LogP contribution in [0.5, 0.6) is 11.6 Å². The highest BCUT2D eigenvalue weighted by Gasteiger charge is 2.40. The Balaban J connectivity index is 1.45. The number of amides is 1. The molecule has 0 bridgehead atoms. The van der Waals surface area contributed by atoms with Gasteiger partial charge in [0.05, 0.1) is 24.5 Å². The number of carbonyl (C=O) groups excluding carboxylic acids is 2. The number of rotatable bonds is 10. The number of hydrogen-bond acceptors (Lipinski definition) is 6. The van der Waals surface area contributed by atoms with Crippen molar-refractivity contribution >= 4 is 17.6 Å². The van der Waals surface area contributed by atoms with Crippen LogP contribution in [0.3, 0.4) is 0 Å². The van der Waals surface area contributed by atoms with E-state index in [1.54, 1.807) is 4.90 Å². The molecule has 2 aromatic rings. The lowest BCUT2D eigenvalue weighted by molar-refractivity contribution is -0.139. The van der Waals surface area contributed by atoms with E-state index in [1.807, 2.05) is 6.92 Å². The number of ether oxygens (including phenoxy) is 3. The van der Waals surface area contributed by atoms with Crippen LogP contribution in [-0.4, -0.2) is 48.6 Å². The molecule has 1 atom stereocenters. The molecule has 3 aliphatic rings. The van der Waals surface area contributed by atoms with Gasteiger partial charge in [-0.1, -0.05) is 6.92 Å². The van der Waals surface area contributed by atoms with E-state index in [0.717, 1.165) is 44.6 Å². The molecule has 0 aliphatic heterocycles. The zero-order valence-corrected chi connectivity index (χ0v) is 28.5. The third kappa shape index (κ3) is 9.29. The van der Waals surface area contributed by atoms with Gasteiger partial charge in [-0.05, 0) is 119 Å². The summed E-state index contributed by atoms with van der Waals surface area (Å²) in [5.74, 6) is -4.62. The fraction of sp³-hybridized carbons (Fsp3) is 0.649. The highest BCUT2D eigenvalue weighted by molar-refractivity contribution is 6.04. The predicted molar refractivity (Wildman–Crippen MR) is 174 cm³/mol. The number of anilines is 1. The highest BCUT2D eigenvalue weighted by atomic mass is 19.4. The second-order valence-electron chi connectivity index (χ2n) is 14.0. The quantitative estimate of drug-likeness (QED) is 0.182. The first-order valence-electron chi connectivity index (χ1n) is 17.6. The number of pyridine rings is 1. The maximum Gasteiger partial charge on any atom is 0.421 e. The summed E-state index contributed by atoms with van der Waals surface area (Å²) in [6.07, 6.45) is 2.93. The standard InChI is InChI=1S/C37H47F5N2O5/c1-4-48-28-13-11-27(12-14-28)44(34(45)26-9-7-23(2)8-10-26)32-16-15-29(20-30(32)35(46)47-3)49-33-31(37(40,41)42)19-25(22-43-33)18-24-6-5-17-36(38,39)21-24/h15-16,19-20,22-24,26-28H,4-14,17-18,21H2,1-3H3/t23-,24?,26-,27-,28-. The molecule has 0 saturated heterocycles. The molecule has 3 fully saturated rings. The van der Waals surface area contributed by atoms with Crippen molar-refractivity contribution < 1.29 is 45.8 Å². The van der Waals surface area contributed by atoms with E-state index < -0.39 is 35.4 Å². The van der Waals surface area contributed by atoms with Crippen molar-refractivity contribution in [2.75, 3.05) is 18.6 Å². The molecule has 1 heterocycles. The molecule has 49 heavy (non-hydrogen) atoms. The second-order valence-corrected chi connectivity index (χ2v) is 14.0. The maximum absolute atomic E-state index is 14.3. The summed E-state index contributed by atoms with van der Waals surface area (Å²) < 4.78 is 87.3. The van der Waals surface area contributed by atoms with Crippen LogP contribution in [0, 0.1) is 17.8 Å². The minimum Gasteiger partial charge on any atom is -0.465 e. The lowest BCUT2D eigenvalue weighted by Crippen LogP contribution is -2.47. The molecule has 270 valence electrons. The number of benzene rings is 1. The van der Waals surface area contributed by atoms with Gasteiger partial charge in [-0.15, -0.1) is 0 Å². The number of nitrogens with zero attached hydrogens (tertiary/aromatic N) is 2. The van der Waals surface area contributed by atoms with Gasteiger partial charge in [0, 0.05) is 37.6 Å². The van der Waals surface area contributed by atoms with Crippen LogP contribution in [-0.2, 0) is 26.9 Å². The van der Waals surface area contributed by atoms with Crippen LogP contribution in [0.2, 0.25) is 0 Å². The van der Waals surface area contributed by atoms with Crippen molar-refractivity contribution in [3.8, 4) is 11.6 Å². The normalized spacial score (nSPS) is 25.8. The molecule has 1 aromatic carbocycles. The van der Waals surface area contributed by atoms with Crippen LogP contribution < -0.4 is 9.64 Å². The predicted octanol–water partition coefficient (Wildman–Crippen LogP) is 9.55. The van der Waals surface area contributed by atoms with E-state index in [4.69, 9.17) is 14.2 Å². The molecule has 3 saturated carbocycles. The zero-order chi connectivity index (χ0) is 35.3. The largest absolute Gasteiger partial charge is 0.465 e. The first-order chi connectivity index (χ1) is 23.3. The molecule has 0 spiro atoms. The summed E-state index contributed by atoms with van der Waals surface area (Å²) in [7, 11) is 1.20. The molecule has 1 aromatic heterocycles. The summed E-state index contributed by atoms with van der Waals surface area (Å²) in [4.78, 5) is 33.2. The SMILES string of the molecule is CCO[C@H]1CC[C@H](N(c2ccc(Oc3ncc(CC4CCCC(F)(F)C4)cc3C(F)(F)F)cc2C(=O)OC)C(=O)[C@H]2CC[C@H](C)CC2)CC1. The number of halogens is 5. The molecule has 5 rings (SSSR count). The minimum atomic E-state index is -4.85. The molecule has 0 radical (unpaired) electrons. The van der Waals surface area contributed by atoms with Gasteiger partial charge in [-0.25, -0.2) is 18.6 Å². The van der Waals surface area contributed by atoms with Gasteiger partial charge in [0.15, 0.2) is 0 Å². The summed E-state index contributed by atoms with van der Waals surface area (Å²) in [5.41, 5.74) is -0.636. The van der Waals surface area contributed by atoms with Crippen molar-refractivity contribution in [3.05, 3.63) is 47.2 Å². The van der Waals surface area contributed by atoms with E-state index in [0.29, 0.717) is 43.9 Å². The molecule has 0 N–H and O–H groups in total. The lowest BCUT2D eigenvalue weighted by Gasteiger charge is -2.40. The summed E-state index contributed by atoms with van der Waals surface area (Å²) in [5, 5.41) is 0. The Hall–Kier alpha value is -3.28. The van der Waals surface area contributed by atoms with Gasteiger partial charge in [-0.2, -0.15) is 13.2 Å². The van der Waals surface area contributed by atoms with Gasteiger partial charge < -0.3 is 19.1 Å². The number of methoxy groups -OCH3 is 1. The van der Waals surface area contributed by atoms with Crippen molar-refractivity contribution in [1.29, 1.82) is 0 Å². The van der Waals surface area contributed by atoms with Crippen LogP contribution >= 0.6 is 0 Å². The van der Waals surface area contributed by atoms with Gasteiger partial charge in [0.2, 0.25) is 17.7 Å². The minimum absolute atomic E-state index is 0.00661. The Morgan fingerprint density at radius 1 is 1.00 bits per heavy atom. The van der Waals surface area contributed by atoms with Gasteiger partial charge in [0.25, 0.3) is 0 Å². The van der Waals surface area contributed by atoms with Gasteiger partial charge in [-0.3, -0.25) is 4.79 Å². The first kappa shape index (κ1) is 37.0. The van der Waals surface area contributed by atoms with Crippen molar-refractivity contribution in [3.63, 3.8) is 0 Å². The van der Waals surface area contributed by atoms with E-state index in [9.17, 15) is 31.5 Å². The van der Waals surface area contributed by atoms with Crippen LogP contribution in [0.25, 0.3) is 0 Å². The van der Waals surface area contributed by atoms with Gasteiger partial charge in [0.1, 0.15) is 11.3 Å². The van der Waals surface area contributed by atoms with Crippen LogP contribution in [0.15, 0.2) is 30.5 Å². The molecule has 1 unspecified atom stereocenters. The monoisotopic (exact) mass is 694 g/mol. The topological polar surface area (TPSA) is 78.0 Å². The Morgan fingerprint density at radius 2 is 1.71 bits per heavy atom. The number of esters is 1. The molecular formula is C37H47F5N2O5. The van der Waals surface area contributed by atoms with E-state index in [1.165, 1.54) is 31.5 Å². The Labute approximate surface area is 284 Å². The van der Waals surface area contributed by atoms with Crippen LogP contribution in [0.4, 0.5) is 27.6 Å². The van der Waals surface area contributed by atoms with E-state index in [-0.39, 0.29) is 60.1 Å². The smallest absolute Gasteiger partial charge is 0.421 e. The van der Waals surface area contributed by atoms with Crippen molar-refractivity contribution in [1.82, 2.24) is 4.98 Å².